The van der Waals surface area contributed by atoms with Crippen LogP contribution in [0.25, 0.3) is 16.9 Å². The molecule has 1 aliphatic rings. The number of nitro groups is 1. The van der Waals surface area contributed by atoms with Gasteiger partial charge in [-0.25, -0.2) is 4.98 Å². The second-order valence-electron chi connectivity index (χ2n) is 6.40. The number of nitrogens with zero attached hydrogens (tertiary/aromatic N) is 5. The Morgan fingerprint density at radius 1 is 1.23 bits per heavy atom. The molecule has 0 aliphatic carbocycles. The number of aromatic nitrogens is 3. The minimum Gasteiger partial charge on any atom is -0.315 e. The van der Waals surface area contributed by atoms with Gasteiger partial charge < -0.3 is 5.32 Å². The molecule has 0 spiro atoms. The van der Waals surface area contributed by atoms with Crippen LogP contribution in [0.3, 0.4) is 0 Å². The zero-order valence-electron chi connectivity index (χ0n) is 14.3. The standard InChI is InChI=1S/C18H20N6O2/c25-24(26)15-4-5-17-21-18(14-3-1-6-20-11-14)16(23(17)12-15)13-22-9-2-7-19-8-10-22/h1,3-6,11-12,19H,2,7-10,13H2. The summed E-state index contributed by atoms with van der Waals surface area (Å²) >= 11 is 0. The van der Waals surface area contributed by atoms with Crippen LogP contribution in [-0.2, 0) is 6.54 Å². The number of pyridine rings is 2. The fraction of sp³-hybridized carbons (Fsp3) is 0.333. The number of nitrogens with one attached hydrogen (secondary N) is 1. The highest BCUT2D eigenvalue weighted by Crippen LogP contribution is 2.27. The number of rotatable bonds is 4. The fourth-order valence-electron chi connectivity index (χ4n) is 3.35. The monoisotopic (exact) mass is 352 g/mol. The van der Waals surface area contributed by atoms with Crippen molar-refractivity contribution >= 4 is 11.3 Å². The zero-order valence-corrected chi connectivity index (χ0v) is 14.3. The van der Waals surface area contributed by atoms with Crippen molar-refractivity contribution in [3.8, 4) is 11.3 Å². The summed E-state index contributed by atoms with van der Waals surface area (Å²) in [5, 5.41) is 14.6. The van der Waals surface area contributed by atoms with E-state index in [1.807, 2.05) is 16.5 Å². The van der Waals surface area contributed by atoms with E-state index in [4.69, 9.17) is 4.98 Å². The van der Waals surface area contributed by atoms with Crippen molar-refractivity contribution in [3.05, 3.63) is 58.7 Å². The van der Waals surface area contributed by atoms with Crippen LogP contribution in [0.5, 0.6) is 0 Å². The summed E-state index contributed by atoms with van der Waals surface area (Å²) in [5.74, 6) is 0. The SMILES string of the molecule is O=[N+]([O-])c1ccc2nc(-c3cccnc3)c(CN3CCCNCC3)n2c1. The largest absolute Gasteiger partial charge is 0.315 e. The van der Waals surface area contributed by atoms with Crippen molar-refractivity contribution in [1.82, 2.24) is 24.6 Å². The van der Waals surface area contributed by atoms with Crippen molar-refractivity contribution < 1.29 is 4.92 Å². The third-order valence-corrected chi connectivity index (χ3v) is 4.65. The Morgan fingerprint density at radius 2 is 2.15 bits per heavy atom. The van der Waals surface area contributed by atoms with Crippen molar-refractivity contribution in [3.63, 3.8) is 0 Å². The highest BCUT2D eigenvalue weighted by molar-refractivity contribution is 5.66. The molecule has 0 saturated carbocycles. The van der Waals surface area contributed by atoms with Crippen LogP contribution >= 0.6 is 0 Å². The van der Waals surface area contributed by atoms with E-state index in [1.165, 1.54) is 6.07 Å². The molecule has 1 saturated heterocycles. The van der Waals surface area contributed by atoms with Crippen molar-refractivity contribution in [2.24, 2.45) is 0 Å². The van der Waals surface area contributed by atoms with Crippen LogP contribution in [-0.4, -0.2) is 50.4 Å². The number of hydrogen-bond donors (Lipinski definition) is 1. The predicted molar refractivity (Wildman–Crippen MR) is 97.8 cm³/mol. The Kier molecular flexibility index (Phi) is 4.59. The molecule has 0 amide bonds. The quantitative estimate of drug-likeness (QED) is 0.571. The van der Waals surface area contributed by atoms with E-state index in [2.05, 4.69) is 15.2 Å². The van der Waals surface area contributed by atoms with Gasteiger partial charge in [0.2, 0.25) is 0 Å². The smallest absolute Gasteiger partial charge is 0.286 e. The van der Waals surface area contributed by atoms with Gasteiger partial charge in [0.25, 0.3) is 5.69 Å². The lowest BCUT2D eigenvalue weighted by molar-refractivity contribution is -0.385. The first-order chi connectivity index (χ1) is 12.7. The Labute approximate surface area is 150 Å². The molecule has 0 aromatic carbocycles. The molecule has 134 valence electrons. The zero-order chi connectivity index (χ0) is 17.9. The molecule has 26 heavy (non-hydrogen) atoms. The molecule has 4 heterocycles. The van der Waals surface area contributed by atoms with Crippen molar-refractivity contribution in [1.29, 1.82) is 0 Å². The van der Waals surface area contributed by atoms with Crippen LogP contribution < -0.4 is 5.32 Å². The second kappa shape index (κ2) is 7.19. The predicted octanol–water partition coefficient (Wildman–Crippen LogP) is 2.10. The molecule has 1 N–H and O–H groups in total. The minimum absolute atomic E-state index is 0.0615. The van der Waals surface area contributed by atoms with Gasteiger partial charge >= 0.3 is 0 Å². The molecular formula is C18H20N6O2. The first-order valence-corrected chi connectivity index (χ1v) is 8.71. The summed E-state index contributed by atoms with van der Waals surface area (Å²) in [4.78, 5) is 22.1. The summed E-state index contributed by atoms with van der Waals surface area (Å²) < 4.78 is 1.85. The summed E-state index contributed by atoms with van der Waals surface area (Å²) in [6.07, 6.45) is 6.15. The second-order valence-corrected chi connectivity index (χ2v) is 6.40. The van der Waals surface area contributed by atoms with Crippen LogP contribution in [0, 0.1) is 10.1 Å². The summed E-state index contributed by atoms with van der Waals surface area (Å²) in [7, 11) is 0. The van der Waals surface area contributed by atoms with Gasteiger partial charge in [-0.05, 0) is 37.7 Å². The van der Waals surface area contributed by atoms with E-state index >= 15 is 0 Å². The molecule has 0 atom stereocenters. The van der Waals surface area contributed by atoms with Crippen molar-refractivity contribution in [2.75, 3.05) is 26.2 Å². The average Bonchev–Trinajstić information content (AvgIpc) is 2.82. The molecule has 8 heteroatoms. The maximum absolute atomic E-state index is 11.2. The van der Waals surface area contributed by atoms with Crippen LogP contribution in [0.4, 0.5) is 5.69 Å². The lowest BCUT2D eigenvalue weighted by atomic mass is 10.1. The Hall–Kier alpha value is -2.84. The molecule has 4 rings (SSSR count). The van der Waals surface area contributed by atoms with Gasteiger partial charge in [-0.2, -0.15) is 0 Å². The summed E-state index contributed by atoms with van der Waals surface area (Å²) in [6.45, 7) is 4.58. The lowest BCUT2D eigenvalue weighted by Crippen LogP contribution is -2.28. The van der Waals surface area contributed by atoms with Gasteiger partial charge in [0.1, 0.15) is 5.65 Å². The first kappa shape index (κ1) is 16.6. The molecule has 8 nitrogen and oxygen atoms in total. The summed E-state index contributed by atoms with van der Waals surface area (Å²) in [6, 6.07) is 7.04. The van der Waals surface area contributed by atoms with Gasteiger partial charge in [0.05, 0.1) is 22.5 Å². The minimum atomic E-state index is -0.372. The third kappa shape index (κ3) is 3.29. The Balaban J connectivity index is 1.82. The topological polar surface area (TPSA) is 88.6 Å². The first-order valence-electron chi connectivity index (χ1n) is 8.71. The molecule has 0 unspecified atom stereocenters. The van der Waals surface area contributed by atoms with Crippen LogP contribution in [0.1, 0.15) is 12.1 Å². The normalized spacial score (nSPS) is 15.8. The van der Waals surface area contributed by atoms with Crippen LogP contribution in [0.2, 0.25) is 0 Å². The van der Waals surface area contributed by atoms with E-state index < -0.39 is 0 Å². The maximum Gasteiger partial charge on any atom is 0.286 e. The number of hydrogen-bond acceptors (Lipinski definition) is 6. The Bertz CT molecular complexity index is 916. The van der Waals surface area contributed by atoms with E-state index in [9.17, 15) is 10.1 Å². The molecular weight excluding hydrogens is 332 g/mol. The number of imidazole rings is 1. The third-order valence-electron chi connectivity index (χ3n) is 4.65. The average molecular weight is 352 g/mol. The maximum atomic E-state index is 11.2. The molecule has 0 radical (unpaired) electrons. The van der Waals surface area contributed by atoms with Gasteiger partial charge in [-0.15, -0.1) is 0 Å². The summed E-state index contributed by atoms with van der Waals surface area (Å²) in [5.41, 5.74) is 3.47. The van der Waals surface area contributed by atoms with Gasteiger partial charge in [-0.3, -0.25) is 24.4 Å². The van der Waals surface area contributed by atoms with Gasteiger partial charge in [0.15, 0.2) is 0 Å². The molecule has 0 bridgehead atoms. The Morgan fingerprint density at radius 3 is 2.96 bits per heavy atom. The van der Waals surface area contributed by atoms with Gasteiger partial charge in [-0.1, -0.05) is 0 Å². The molecule has 1 fully saturated rings. The highest BCUT2D eigenvalue weighted by atomic mass is 16.6. The molecule has 1 aliphatic heterocycles. The molecule has 3 aromatic heterocycles. The number of fused-ring (bicyclic) bond motifs is 1. The lowest BCUT2D eigenvalue weighted by Gasteiger charge is -2.19. The van der Waals surface area contributed by atoms with E-state index in [1.54, 1.807) is 24.7 Å². The van der Waals surface area contributed by atoms with Gasteiger partial charge in [0, 0.05) is 43.7 Å². The van der Waals surface area contributed by atoms with Crippen molar-refractivity contribution in [2.45, 2.75) is 13.0 Å². The van der Waals surface area contributed by atoms with E-state index in [0.717, 1.165) is 49.6 Å². The van der Waals surface area contributed by atoms with Crippen LogP contribution in [0.15, 0.2) is 42.9 Å². The molecule has 3 aromatic rings. The van der Waals surface area contributed by atoms with E-state index in [-0.39, 0.29) is 10.6 Å². The fourth-order valence-corrected chi connectivity index (χ4v) is 3.35. The van der Waals surface area contributed by atoms with E-state index in [0.29, 0.717) is 12.2 Å². The highest BCUT2D eigenvalue weighted by Gasteiger charge is 2.20.